The first-order valence-corrected chi connectivity index (χ1v) is 7.28. The zero-order valence-electron chi connectivity index (χ0n) is 12.1. The fourth-order valence-electron chi connectivity index (χ4n) is 1.71. The van der Waals surface area contributed by atoms with Gasteiger partial charge in [0, 0.05) is 12.6 Å². The minimum atomic E-state index is -0.249. The molecule has 0 atom stereocenters. The van der Waals surface area contributed by atoms with Gasteiger partial charge in [0.15, 0.2) is 0 Å². The van der Waals surface area contributed by atoms with E-state index in [0.29, 0.717) is 21.7 Å². The number of aryl methyl sites for hydroxylation is 1. The van der Waals surface area contributed by atoms with Crippen LogP contribution in [0.5, 0.6) is 0 Å². The van der Waals surface area contributed by atoms with Crippen molar-refractivity contribution in [3.63, 3.8) is 0 Å². The Kier molecular flexibility index (Phi) is 5.22. The van der Waals surface area contributed by atoms with E-state index in [9.17, 15) is 9.59 Å². The van der Waals surface area contributed by atoms with Crippen molar-refractivity contribution >= 4 is 23.3 Å². The molecule has 1 heterocycles. The van der Waals surface area contributed by atoms with Gasteiger partial charge in [0.2, 0.25) is 0 Å². The van der Waals surface area contributed by atoms with Crippen molar-refractivity contribution in [2.24, 2.45) is 0 Å². The molecule has 0 saturated heterocycles. The highest BCUT2D eigenvalue weighted by Gasteiger charge is 2.11. The molecule has 0 unspecified atom stereocenters. The molecule has 1 aromatic carbocycles. The molecule has 112 valence electrons. The number of carbonyl (C=O) groups excluding carboxylic acids is 2. The summed E-state index contributed by atoms with van der Waals surface area (Å²) in [5.41, 5.74) is 1.72. The quantitative estimate of drug-likeness (QED) is 0.828. The number of hydrogen-bond donors (Lipinski definition) is 2. The van der Waals surface area contributed by atoms with Crippen molar-refractivity contribution in [3.8, 4) is 11.8 Å². The average Bonchev–Trinajstić information content (AvgIpc) is 2.97. The van der Waals surface area contributed by atoms with Crippen LogP contribution < -0.4 is 10.6 Å². The molecule has 2 N–H and O–H groups in total. The lowest BCUT2D eigenvalue weighted by atomic mass is 10.1. The Bertz CT molecular complexity index is 758. The molecule has 0 saturated carbocycles. The van der Waals surface area contributed by atoms with Crippen LogP contribution in [-0.4, -0.2) is 35.0 Å². The molecular formula is C15H14N4O2S. The van der Waals surface area contributed by atoms with Gasteiger partial charge < -0.3 is 10.6 Å². The van der Waals surface area contributed by atoms with Gasteiger partial charge in [-0.2, -0.15) is 0 Å². The number of rotatable bonds is 3. The van der Waals surface area contributed by atoms with E-state index in [1.165, 1.54) is 0 Å². The van der Waals surface area contributed by atoms with Crippen LogP contribution in [-0.2, 0) is 0 Å². The second kappa shape index (κ2) is 7.33. The third-order valence-electron chi connectivity index (χ3n) is 2.82. The smallest absolute Gasteiger partial charge is 0.265 e. The molecule has 2 rings (SSSR count). The first kappa shape index (κ1) is 15.7. The van der Waals surface area contributed by atoms with Gasteiger partial charge >= 0.3 is 0 Å². The van der Waals surface area contributed by atoms with E-state index in [4.69, 9.17) is 0 Å². The molecular weight excluding hydrogens is 300 g/mol. The molecule has 0 radical (unpaired) electrons. The van der Waals surface area contributed by atoms with Gasteiger partial charge in [-0.3, -0.25) is 9.59 Å². The van der Waals surface area contributed by atoms with Gasteiger partial charge in [-0.1, -0.05) is 28.5 Å². The summed E-state index contributed by atoms with van der Waals surface area (Å²) in [4.78, 5) is 24.0. The van der Waals surface area contributed by atoms with Crippen LogP contribution in [0.1, 0.15) is 31.3 Å². The summed E-state index contributed by atoms with van der Waals surface area (Å²) in [5, 5.41) is 9.02. The summed E-state index contributed by atoms with van der Waals surface area (Å²) in [6.45, 7) is 1.90. The molecule has 2 amide bonds. The predicted molar refractivity (Wildman–Crippen MR) is 83.7 cm³/mol. The predicted octanol–water partition coefficient (Wildman–Crippen LogP) is 0.988. The highest BCUT2D eigenvalue weighted by Crippen LogP contribution is 2.08. The molecule has 6 nitrogen and oxygen atoms in total. The van der Waals surface area contributed by atoms with Crippen LogP contribution in [0.2, 0.25) is 0 Å². The van der Waals surface area contributed by atoms with Crippen molar-refractivity contribution in [3.05, 3.63) is 46.0 Å². The van der Waals surface area contributed by atoms with Crippen LogP contribution in [0.15, 0.2) is 24.3 Å². The molecule has 0 bridgehead atoms. The number of carbonyl (C=O) groups is 2. The van der Waals surface area contributed by atoms with Crippen molar-refractivity contribution in [1.29, 1.82) is 0 Å². The monoisotopic (exact) mass is 314 g/mol. The summed E-state index contributed by atoms with van der Waals surface area (Å²) < 4.78 is 3.71. The molecule has 7 heteroatoms. The van der Waals surface area contributed by atoms with Crippen LogP contribution in [0, 0.1) is 18.8 Å². The summed E-state index contributed by atoms with van der Waals surface area (Å²) >= 11 is 1.05. The number of nitrogens with one attached hydrogen (secondary N) is 2. The normalized spacial score (nSPS) is 9.55. The zero-order valence-corrected chi connectivity index (χ0v) is 13.0. The largest absolute Gasteiger partial charge is 0.355 e. The molecule has 2 aromatic rings. The minimum Gasteiger partial charge on any atom is -0.355 e. The molecule has 0 aliphatic carbocycles. The molecule has 0 aliphatic heterocycles. The van der Waals surface area contributed by atoms with Crippen molar-refractivity contribution < 1.29 is 9.59 Å². The number of nitrogens with zero attached hydrogens (tertiary/aromatic N) is 2. The number of amides is 2. The minimum absolute atomic E-state index is 0.179. The molecule has 1 aromatic heterocycles. The third-order valence-corrected chi connectivity index (χ3v) is 3.64. The Hall–Kier alpha value is -2.72. The first-order chi connectivity index (χ1) is 10.6. The van der Waals surface area contributed by atoms with Crippen LogP contribution in [0.25, 0.3) is 0 Å². The Labute approximate surface area is 132 Å². The lowest BCUT2D eigenvalue weighted by molar-refractivity contribution is 0.0954. The van der Waals surface area contributed by atoms with Crippen LogP contribution in [0.3, 0.4) is 0 Å². The highest BCUT2D eigenvalue weighted by atomic mass is 32.1. The first-order valence-electron chi connectivity index (χ1n) is 6.50. The fraction of sp³-hybridized carbons (Fsp3) is 0.200. The van der Waals surface area contributed by atoms with Gasteiger partial charge in [0.25, 0.3) is 11.8 Å². The van der Waals surface area contributed by atoms with Crippen molar-refractivity contribution in [1.82, 2.24) is 20.2 Å². The molecule has 22 heavy (non-hydrogen) atoms. The third kappa shape index (κ3) is 3.68. The zero-order chi connectivity index (χ0) is 15.9. The fourth-order valence-corrected chi connectivity index (χ4v) is 2.28. The SMILES string of the molecule is CNC(=O)c1ccccc1C#CCNC(=O)c1snnc1C. The average molecular weight is 314 g/mol. The number of benzene rings is 1. The lowest BCUT2D eigenvalue weighted by Gasteiger charge is -2.02. The van der Waals surface area contributed by atoms with E-state index in [1.54, 1.807) is 38.2 Å². The molecule has 0 spiro atoms. The van der Waals surface area contributed by atoms with Crippen molar-refractivity contribution in [2.45, 2.75) is 6.92 Å². The van der Waals surface area contributed by atoms with E-state index in [-0.39, 0.29) is 18.4 Å². The maximum atomic E-state index is 11.8. The van der Waals surface area contributed by atoms with Gasteiger partial charge in [-0.05, 0) is 30.6 Å². The van der Waals surface area contributed by atoms with E-state index >= 15 is 0 Å². The lowest BCUT2D eigenvalue weighted by Crippen LogP contribution is -2.23. The van der Waals surface area contributed by atoms with Gasteiger partial charge in [0.1, 0.15) is 4.88 Å². The van der Waals surface area contributed by atoms with E-state index in [0.717, 1.165) is 11.5 Å². The highest BCUT2D eigenvalue weighted by molar-refractivity contribution is 7.07. The summed E-state index contributed by atoms with van der Waals surface area (Å²) in [6, 6.07) is 7.04. The van der Waals surface area contributed by atoms with Gasteiger partial charge in [-0.15, -0.1) is 5.10 Å². The Balaban J connectivity index is 2.02. The summed E-state index contributed by atoms with van der Waals surface area (Å²) in [5.74, 6) is 5.28. The van der Waals surface area contributed by atoms with Crippen molar-refractivity contribution in [2.75, 3.05) is 13.6 Å². The van der Waals surface area contributed by atoms with E-state index in [2.05, 4.69) is 32.1 Å². The second-order valence-electron chi connectivity index (χ2n) is 4.30. The van der Waals surface area contributed by atoms with Crippen LogP contribution >= 0.6 is 11.5 Å². The van der Waals surface area contributed by atoms with Gasteiger partial charge in [0.05, 0.1) is 17.8 Å². The maximum absolute atomic E-state index is 11.8. The summed E-state index contributed by atoms with van der Waals surface area (Å²) in [7, 11) is 1.57. The van der Waals surface area contributed by atoms with Crippen LogP contribution in [0.4, 0.5) is 0 Å². The maximum Gasteiger partial charge on any atom is 0.265 e. The Morgan fingerprint density at radius 1 is 1.27 bits per heavy atom. The standard InChI is InChI=1S/C15H14N4O2S/c1-10-13(22-19-18-10)15(21)17-9-5-7-11-6-3-4-8-12(11)14(20)16-2/h3-4,6,8H,9H2,1-2H3,(H,16,20)(H,17,21). The topological polar surface area (TPSA) is 84.0 Å². The summed E-state index contributed by atoms with van der Waals surface area (Å²) in [6.07, 6.45) is 0. The number of hydrogen-bond acceptors (Lipinski definition) is 5. The molecule has 0 fully saturated rings. The number of aromatic nitrogens is 2. The van der Waals surface area contributed by atoms with Gasteiger partial charge in [-0.25, -0.2) is 0 Å². The second-order valence-corrected chi connectivity index (χ2v) is 5.05. The van der Waals surface area contributed by atoms with E-state index < -0.39 is 0 Å². The van der Waals surface area contributed by atoms with E-state index in [1.807, 2.05) is 0 Å². The Morgan fingerprint density at radius 3 is 2.73 bits per heavy atom. The molecule has 0 aliphatic rings. The Morgan fingerprint density at radius 2 is 2.05 bits per heavy atom.